The summed E-state index contributed by atoms with van der Waals surface area (Å²) in [4.78, 5) is 12.9. The normalized spacial score (nSPS) is 15.9. The summed E-state index contributed by atoms with van der Waals surface area (Å²) in [5, 5.41) is 2.90. The van der Waals surface area contributed by atoms with Gasteiger partial charge in [0.05, 0.1) is 24.2 Å². The SMILES string of the molecule is CC(NC(=O)C(NS(=O)(=O)c1ccc2c(c1)OCCCO2)C(C)C)c1ccccc1. The van der Waals surface area contributed by atoms with Crippen LogP contribution in [-0.2, 0) is 14.8 Å². The number of carbonyl (C=O) groups is 1. The van der Waals surface area contributed by atoms with Crippen molar-refractivity contribution in [1.29, 1.82) is 0 Å². The van der Waals surface area contributed by atoms with Gasteiger partial charge in [0.2, 0.25) is 15.9 Å². The zero-order chi connectivity index (χ0) is 21.7. The molecule has 0 bridgehead atoms. The van der Waals surface area contributed by atoms with Gasteiger partial charge in [-0.25, -0.2) is 8.42 Å². The number of fused-ring (bicyclic) bond motifs is 1. The molecule has 1 heterocycles. The van der Waals surface area contributed by atoms with Crippen LogP contribution in [0.5, 0.6) is 11.5 Å². The summed E-state index contributed by atoms with van der Waals surface area (Å²) < 4.78 is 39.7. The first-order valence-corrected chi connectivity index (χ1v) is 11.5. The molecular formula is C22H28N2O5S. The molecule has 2 aromatic carbocycles. The standard InChI is InChI=1S/C22H28N2O5S/c1-15(2)21(22(25)23-16(3)17-8-5-4-6-9-17)24-30(26,27)18-10-11-19-20(14-18)29-13-7-12-28-19/h4-6,8-11,14-16,21,24H,7,12-13H2,1-3H3,(H,23,25). The molecule has 0 aliphatic carbocycles. The van der Waals surface area contributed by atoms with Gasteiger partial charge in [0.1, 0.15) is 6.04 Å². The van der Waals surface area contributed by atoms with Crippen molar-refractivity contribution in [3.8, 4) is 11.5 Å². The predicted octanol–water partition coefficient (Wildman–Crippen LogP) is 3.03. The number of amides is 1. The number of sulfonamides is 1. The molecule has 2 unspecified atom stereocenters. The van der Waals surface area contributed by atoms with E-state index in [0.29, 0.717) is 24.7 Å². The van der Waals surface area contributed by atoms with Crippen molar-refractivity contribution in [2.24, 2.45) is 5.92 Å². The van der Waals surface area contributed by atoms with Crippen molar-refractivity contribution in [1.82, 2.24) is 10.0 Å². The Morgan fingerprint density at radius 3 is 2.30 bits per heavy atom. The van der Waals surface area contributed by atoms with Gasteiger partial charge in [-0.1, -0.05) is 44.2 Å². The van der Waals surface area contributed by atoms with E-state index in [2.05, 4.69) is 10.0 Å². The fraction of sp³-hybridized carbons (Fsp3) is 0.409. The summed E-state index contributed by atoms with van der Waals surface area (Å²) in [7, 11) is -3.94. The van der Waals surface area contributed by atoms with Crippen molar-refractivity contribution in [2.75, 3.05) is 13.2 Å². The second-order valence-electron chi connectivity index (χ2n) is 7.64. The zero-order valence-corrected chi connectivity index (χ0v) is 18.2. The second-order valence-corrected chi connectivity index (χ2v) is 9.36. The summed E-state index contributed by atoms with van der Waals surface area (Å²) in [6, 6.07) is 12.8. The average molecular weight is 433 g/mol. The summed E-state index contributed by atoms with van der Waals surface area (Å²) in [5.41, 5.74) is 0.944. The maximum Gasteiger partial charge on any atom is 0.241 e. The first-order valence-electron chi connectivity index (χ1n) is 10.1. The maximum absolute atomic E-state index is 13.0. The number of hydrogen-bond donors (Lipinski definition) is 2. The van der Waals surface area contributed by atoms with Crippen molar-refractivity contribution < 1.29 is 22.7 Å². The number of carbonyl (C=O) groups excluding carboxylic acids is 1. The Hall–Kier alpha value is -2.58. The van der Waals surface area contributed by atoms with E-state index in [9.17, 15) is 13.2 Å². The summed E-state index contributed by atoms with van der Waals surface area (Å²) in [6.45, 7) is 6.44. The van der Waals surface area contributed by atoms with Gasteiger partial charge in [0.15, 0.2) is 11.5 Å². The summed E-state index contributed by atoms with van der Waals surface area (Å²) in [5.74, 6) is 0.280. The monoisotopic (exact) mass is 432 g/mol. The van der Waals surface area contributed by atoms with Gasteiger partial charge in [-0.3, -0.25) is 4.79 Å². The van der Waals surface area contributed by atoms with Crippen LogP contribution in [0.4, 0.5) is 0 Å². The smallest absolute Gasteiger partial charge is 0.241 e. The minimum absolute atomic E-state index is 0.0290. The first-order chi connectivity index (χ1) is 14.3. The summed E-state index contributed by atoms with van der Waals surface area (Å²) in [6.07, 6.45) is 0.726. The van der Waals surface area contributed by atoms with Crippen LogP contribution in [0.25, 0.3) is 0 Å². The highest BCUT2D eigenvalue weighted by molar-refractivity contribution is 7.89. The third kappa shape index (κ3) is 5.31. The fourth-order valence-electron chi connectivity index (χ4n) is 3.17. The van der Waals surface area contributed by atoms with Crippen LogP contribution in [0.1, 0.15) is 38.8 Å². The maximum atomic E-state index is 13.0. The molecule has 30 heavy (non-hydrogen) atoms. The number of nitrogens with one attached hydrogen (secondary N) is 2. The second kappa shape index (κ2) is 9.49. The zero-order valence-electron chi connectivity index (χ0n) is 17.4. The van der Waals surface area contributed by atoms with Crippen molar-refractivity contribution >= 4 is 15.9 Å². The lowest BCUT2D eigenvalue weighted by atomic mass is 10.0. The van der Waals surface area contributed by atoms with Crippen LogP contribution in [0.3, 0.4) is 0 Å². The first kappa shape index (κ1) is 22.1. The molecule has 0 aromatic heterocycles. The third-order valence-corrected chi connectivity index (χ3v) is 6.36. The minimum Gasteiger partial charge on any atom is -0.490 e. The van der Waals surface area contributed by atoms with Crippen molar-refractivity contribution in [2.45, 2.75) is 44.2 Å². The number of rotatable bonds is 7. The predicted molar refractivity (Wildman–Crippen MR) is 114 cm³/mol. The minimum atomic E-state index is -3.94. The highest BCUT2D eigenvalue weighted by Gasteiger charge is 2.30. The van der Waals surface area contributed by atoms with Gasteiger partial charge in [0.25, 0.3) is 0 Å². The Kier molecular flexibility index (Phi) is 6.99. The van der Waals surface area contributed by atoms with Gasteiger partial charge in [0, 0.05) is 12.5 Å². The molecule has 162 valence electrons. The van der Waals surface area contributed by atoms with Crippen LogP contribution in [0.15, 0.2) is 53.4 Å². The van der Waals surface area contributed by atoms with Crippen molar-refractivity contribution in [3.63, 3.8) is 0 Å². The number of hydrogen-bond acceptors (Lipinski definition) is 5. The topological polar surface area (TPSA) is 93.7 Å². The van der Waals surface area contributed by atoms with Crippen LogP contribution in [0, 0.1) is 5.92 Å². The quantitative estimate of drug-likeness (QED) is 0.701. The van der Waals surface area contributed by atoms with Crippen LogP contribution in [-0.4, -0.2) is 33.6 Å². The van der Waals surface area contributed by atoms with E-state index in [4.69, 9.17) is 9.47 Å². The lowest BCUT2D eigenvalue weighted by Crippen LogP contribution is -2.50. The van der Waals surface area contributed by atoms with Crippen LogP contribution in [0.2, 0.25) is 0 Å². The molecule has 1 amide bonds. The van der Waals surface area contributed by atoms with E-state index in [1.807, 2.05) is 37.3 Å². The molecule has 8 heteroatoms. The van der Waals surface area contributed by atoms with Gasteiger partial charge < -0.3 is 14.8 Å². The lowest BCUT2D eigenvalue weighted by Gasteiger charge is -2.24. The Labute approximate surface area is 177 Å². The van der Waals surface area contributed by atoms with Gasteiger partial charge in [-0.15, -0.1) is 0 Å². The molecule has 0 saturated carbocycles. The van der Waals surface area contributed by atoms with E-state index in [-0.39, 0.29) is 22.8 Å². The molecule has 2 aromatic rings. The third-order valence-electron chi connectivity index (χ3n) is 4.92. The average Bonchev–Trinajstić information content (AvgIpc) is 2.97. The molecule has 0 saturated heterocycles. The number of benzene rings is 2. The van der Waals surface area contributed by atoms with Crippen LogP contribution < -0.4 is 19.5 Å². The Balaban J connectivity index is 1.76. The van der Waals surface area contributed by atoms with Crippen molar-refractivity contribution in [3.05, 3.63) is 54.1 Å². The molecule has 1 aliphatic heterocycles. The van der Waals surface area contributed by atoms with Gasteiger partial charge in [-0.05, 0) is 30.5 Å². The molecule has 0 fully saturated rings. The summed E-state index contributed by atoms with van der Waals surface area (Å²) >= 11 is 0. The van der Waals surface area contributed by atoms with E-state index < -0.39 is 16.1 Å². The van der Waals surface area contributed by atoms with E-state index >= 15 is 0 Å². The van der Waals surface area contributed by atoms with E-state index in [0.717, 1.165) is 12.0 Å². The Bertz CT molecular complexity index is 976. The lowest BCUT2D eigenvalue weighted by molar-refractivity contribution is -0.124. The molecule has 7 nitrogen and oxygen atoms in total. The van der Waals surface area contributed by atoms with E-state index in [1.165, 1.54) is 12.1 Å². The molecule has 1 aliphatic rings. The Morgan fingerprint density at radius 2 is 1.63 bits per heavy atom. The molecule has 3 rings (SSSR count). The van der Waals surface area contributed by atoms with Crippen LogP contribution >= 0.6 is 0 Å². The Morgan fingerprint density at radius 1 is 0.967 bits per heavy atom. The number of ether oxygens (including phenoxy) is 2. The largest absolute Gasteiger partial charge is 0.490 e. The van der Waals surface area contributed by atoms with E-state index in [1.54, 1.807) is 19.9 Å². The molecule has 2 atom stereocenters. The molecule has 0 radical (unpaired) electrons. The fourth-order valence-corrected chi connectivity index (χ4v) is 4.53. The molecule has 2 N–H and O–H groups in total. The van der Waals surface area contributed by atoms with Gasteiger partial charge >= 0.3 is 0 Å². The molecule has 0 spiro atoms. The van der Waals surface area contributed by atoms with Gasteiger partial charge in [-0.2, -0.15) is 4.72 Å². The highest BCUT2D eigenvalue weighted by Crippen LogP contribution is 2.32. The molecular weight excluding hydrogens is 404 g/mol. The highest BCUT2D eigenvalue weighted by atomic mass is 32.2.